The zero-order chi connectivity index (χ0) is 17.1. The Hall–Kier alpha value is -2.08. The summed E-state index contributed by atoms with van der Waals surface area (Å²) in [6.07, 6.45) is 0. The number of carbonyl (C=O) groups is 1. The second-order valence-corrected chi connectivity index (χ2v) is 6.29. The maximum Gasteiger partial charge on any atom is 0.253 e. The van der Waals surface area contributed by atoms with E-state index in [0.717, 1.165) is 23.4 Å². The molecule has 1 heterocycles. The van der Waals surface area contributed by atoms with Gasteiger partial charge in [0.2, 0.25) is 0 Å². The van der Waals surface area contributed by atoms with Crippen LogP contribution in [-0.4, -0.2) is 48.0 Å². The van der Waals surface area contributed by atoms with Crippen molar-refractivity contribution in [3.05, 3.63) is 53.1 Å². The van der Waals surface area contributed by atoms with Crippen LogP contribution in [0.1, 0.15) is 10.4 Å². The van der Waals surface area contributed by atoms with Gasteiger partial charge >= 0.3 is 0 Å². The van der Waals surface area contributed by atoms with E-state index < -0.39 is 0 Å². The van der Waals surface area contributed by atoms with Crippen LogP contribution in [0.25, 0.3) is 22.4 Å². The molecule has 0 saturated carbocycles. The Morgan fingerprint density at radius 2 is 1.92 bits per heavy atom. The zero-order valence-electron chi connectivity index (χ0n) is 14.0. The Morgan fingerprint density at radius 3 is 2.60 bits per heavy atom. The van der Waals surface area contributed by atoms with Crippen LogP contribution in [0.5, 0.6) is 0 Å². The number of likely N-dealkylation sites (N-methyl/N-ethyl adjacent to an activating group) is 1. The molecular weight excluding hydrogens is 359 g/mol. The number of aromatic amines is 1. The van der Waals surface area contributed by atoms with E-state index in [1.54, 1.807) is 6.07 Å². The molecule has 0 aliphatic rings. The molecule has 25 heavy (non-hydrogen) atoms. The molecule has 2 N–H and O–H groups in total. The Labute approximate surface area is 157 Å². The zero-order valence-corrected chi connectivity index (χ0v) is 15.6. The fourth-order valence-corrected chi connectivity index (χ4v) is 2.57. The third-order valence-electron chi connectivity index (χ3n) is 3.72. The molecule has 3 rings (SSSR count). The summed E-state index contributed by atoms with van der Waals surface area (Å²) >= 11 is 5.93. The number of rotatable bonds is 5. The molecular formula is C18H20Cl2N4O. The van der Waals surface area contributed by atoms with Crippen molar-refractivity contribution in [2.45, 2.75) is 0 Å². The molecule has 0 radical (unpaired) electrons. The average Bonchev–Trinajstić information content (AvgIpc) is 2.99. The smallest absolute Gasteiger partial charge is 0.253 e. The summed E-state index contributed by atoms with van der Waals surface area (Å²) in [6.45, 7) is 1.38. The van der Waals surface area contributed by atoms with Gasteiger partial charge in [-0.05, 0) is 50.5 Å². The molecule has 132 valence electrons. The van der Waals surface area contributed by atoms with Crippen LogP contribution in [-0.2, 0) is 0 Å². The van der Waals surface area contributed by atoms with E-state index in [-0.39, 0.29) is 18.3 Å². The van der Waals surface area contributed by atoms with Gasteiger partial charge in [-0.3, -0.25) is 4.79 Å². The predicted molar refractivity (Wildman–Crippen MR) is 105 cm³/mol. The highest BCUT2D eigenvalue weighted by Gasteiger charge is 2.14. The van der Waals surface area contributed by atoms with Crippen LogP contribution < -0.4 is 5.32 Å². The van der Waals surface area contributed by atoms with Crippen molar-refractivity contribution < 1.29 is 4.79 Å². The van der Waals surface area contributed by atoms with Gasteiger partial charge in [0.15, 0.2) is 0 Å². The Morgan fingerprint density at radius 1 is 1.20 bits per heavy atom. The highest BCUT2D eigenvalue weighted by Crippen LogP contribution is 2.24. The van der Waals surface area contributed by atoms with E-state index in [0.29, 0.717) is 22.6 Å². The molecule has 0 spiro atoms. The SMILES string of the molecule is CN(C)CCNC(=O)c1cccc2[nH]c(-c3ccc(Cl)cc3)nc12.Cl. The molecule has 0 aliphatic heterocycles. The number of imidazole rings is 1. The number of halogens is 2. The molecule has 5 nitrogen and oxygen atoms in total. The highest BCUT2D eigenvalue weighted by atomic mass is 35.5. The van der Waals surface area contributed by atoms with Crippen molar-refractivity contribution in [2.75, 3.05) is 27.2 Å². The van der Waals surface area contributed by atoms with Gasteiger partial charge in [-0.1, -0.05) is 17.7 Å². The Balaban J connectivity index is 0.00000225. The minimum absolute atomic E-state index is 0. The van der Waals surface area contributed by atoms with E-state index in [1.807, 2.05) is 55.4 Å². The summed E-state index contributed by atoms with van der Waals surface area (Å²) in [6, 6.07) is 13.0. The number of nitrogens with zero attached hydrogens (tertiary/aromatic N) is 2. The topological polar surface area (TPSA) is 61.0 Å². The number of hydrogen-bond acceptors (Lipinski definition) is 3. The minimum atomic E-state index is -0.114. The van der Waals surface area contributed by atoms with Crippen LogP contribution in [0.3, 0.4) is 0 Å². The van der Waals surface area contributed by atoms with Gasteiger partial charge in [-0.15, -0.1) is 12.4 Å². The van der Waals surface area contributed by atoms with Gasteiger partial charge in [0.05, 0.1) is 11.1 Å². The fraction of sp³-hybridized carbons (Fsp3) is 0.222. The van der Waals surface area contributed by atoms with Gasteiger partial charge in [-0.25, -0.2) is 4.98 Å². The number of benzene rings is 2. The molecule has 1 amide bonds. The molecule has 0 fully saturated rings. The largest absolute Gasteiger partial charge is 0.351 e. The van der Waals surface area contributed by atoms with Crippen molar-refractivity contribution in [3.63, 3.8) is 0 Å². The number of para-hydroxylation sites is 1. The number of H-pyrrole nitrogens is 1. The molecule has 0 bridgehead atoms. The van der Waals surface area contributed by atoms with Gasteiger partial charge in [-0.2, -0.15) is 0 Å². The second kappa shape index (κ2) is 8.34. The normalized spacial score (nSPS) is 10.7. The number of hydrogen-bond donors (Lipinski definition) is 2. The number of aromatic nitrogens is 2. The highest BCUT2D eigenvalue weighted by molar-refractivity contribution is 6.30. The maximum atomic E-state index is 12.4. The lowest BCUT2D eigenvalue weighted by Crippen LogP contribution is -2.31. The van der Waals surface area contributed by atoms with Crippen molar-refractivity contribution >= 4 is 40.9 Å². The molecule has 1 aromatic heterocycles. The molecule has 0 saturated heterocycles. The van der Waals surface area contributed by atoms with E-state index in [4.69, 9.17) is 11.6 Å². The van der Waals surface area contributed by atoms with Gasteiger partial charge in [0.1, 0.15) is 11.3 Å². The fourth-order valence-electron chi connectivity index (χ4n) is 2.45. The van der Waals surface area contributed by atoms with Crippen molar-refractivity contribution in [2.24, 2.45) is 0 Å². The molecule has 7 heteroatoms. The van der Waals surface area contributed by atoms with Crippen molar-refractivity contribution in [1.29, 1.82) is 0 Å². The summed E-state index contributed by atoms with van der Waals surface area (Å²) in [5.74, 6) is 0.604. The summed E-state index contributed by atoms with van der Waals surface area (Å²) in [4.78, 5) is 22.3. The van der Waals surface area contributed by atoms with Crippen LogP contribution in [0.4, 0.5) is 0 Å². The van der Waals surface area contributed by atoms with E-state index >= 15 is 0 Å². The lowest BCUT2D eigenvalue weighted by Gasteiger charge is -2.10. The van der Waals surface area contributed by atoms with Gasteiger partial charge < -0.3 is 15.2 Å². The van der Waals surface area contributed by atoms with Crippen LogP contribution >= 0.6 is 24.0 Å². The van der Waals surface area contributed by atoms with Crippen molar-refractivity contribution in [3.8, 4) is 11.4 Å². The molecule has 0 unspecified atom stereocenters. The predicted octanol–water partition coefficient (Wildman–Crippen LogP) is 3.60. The lowest BCUT2D eigenvalue weighted by atomic mass is 10.1. The van der Waals surface area contributed by atoms with Gasteiger partial charge in [0.25, 0.3) is 5.91 Å². The number of amides is 1. The van der Waals surface area contributed by atoms with Crippen LogP contribution in [0, 0.1) is 0 Å². The van der Waals surface area contributed by atoms with Gasteiger partial charge in [0, 0.05) is 23.7 Å². The first-order chi connectivity index (χ1) is 11.5. The lowest BCUT2D eigenvalue weighted by molar-refractivity contribution is 0.0952. The molecule has 0 atom stereocenters. The summed E-state index contributed by atoms with van der Waals surface area (Å²) in [5, 5.41) is 3.60. The quantitative estimate of drug-likeness (QED) is 0.712. The second-order valence-electron chi connectivity index (χ2n) is 5.85. The summed E-state index contributed by atoms with van der Waals surface area (Å²) in [5.41, 5.74) is 3.00. The van der Waals surface area contributed by atoms with E-state index in [1.165, 1.54) is 0 Å². The molecule has 0 aliphatic carbocycles. The first-order valence-corrected chi connectivity index (χ1v) is 8.10. The first-order valence-electron chi connectivity index (χ1n) is 7.72. The monoisotopic (exact) mass is 378 g/mol. The van der Waals surface area contributed by atoms with E-state index in [9.17, 15) is 4.79 Å². The maximum absolute atomic E-state index is 12.4. The molecule has 2 aromatic carbocycles. The third-order valence-corrected chi connectivity index (χ3v) is 3.97. The van der Waals surface area contributed by atoms with Crippen LogP contribution in [0.2, 0.25) is 5.02 Å². The average molecular weight is 379 g/mol. The minimum Gasteiger partial charge on any atom is -0.351 e. The Bertz CT molecular complexity index is 859. The first kappa shape index (κ1) is 19.2. The Kier molecular flexibility index (Phi) is 6.42. The standard InChI is InChI=1S/C18H19ClN4O.ClH/c1-23(2)11-10-20-18(24)14-4-3-5-15-16(14)22-17(21-15)12-6-8-13(19)9-7-12;/h3-9H,10-11H2,1-2H3,(H,20,24)(H,21,22);1H. The number of fused-ring (bicyclic) bond motifs is 1. The van der Waals surface area contributed by atoms with Crippen molar-refractivity contribution in [1.82, 2.24) is 20.2 Å². The third kappa shape index (κ3) is 4.51. The summed E-state index contributed by atoms with van der Waals surface area (Å²) in [7, 11) is 3.94. The summed E-state index contributed by atoms with van der Waals surface area (Å²) < 4.78 is 0. The van der Waals surface area contributed by atoms with E-state index in [2.05, 4.69) is 15.3 Å². The van der Waals surface area contributed by atoms with Crippen LogP contribution in [0.15, 0.2) is 42.5 Å². The number of carbonyl (C=O) groups excluding carboxylic acids is 1. The molecule has 3 aromatic rings. The number of nitrogens with one attached hydrogen (secondary N) is 2.